The van der Waals surface area contributed by atoms with Gasteiger partial charge in [0.2, 0.25) is 0 Å². The summed E-state index contributed by atoms with van der Waals surface area (Å²) in [6.45, 7) is 5.83. The van der Waals surface area contributed by atoms with Gasteiger partial charge in [0, 0.05) is 17.8 Å². The fourth-order valence-corrected chi connectivity index (χ4v) is 2.67. The van der Waals surface area contributed by atoms with Crippen LogP contribution in [-0.2, 0) is 0 Å². The molecule has 1 nitrogen and oxygen atoms in total. The molecule has 0 amide bonds. The molecule has 2 heteroatoms. The van der Waals surface area contributed by atoms with Crippen molar-refractivity contribution in [1.29, 1.82) is 0 Å². The van der Waals surface area contributed by atoms with Crippen LogP contribution in [0.4, 0.5) is 0 Å². The van der Waals surface area contributed by atoms with Crippen molar-refractivity contribution in [2.75, 3.05) is 12.8 Å². The number of thioether (sulfide) groups is 1. The highest BCUT2D eigenvalue weighted by Gasteiger charge is 2.17. The molecule has 1 fully saturated rings. The van der Waals surface area contributed by atoms with Gasteiger partial charge in [0.25, 0.3) is 0 Å². The average molecular weight is 229 g/mol. The van der Waals surface area contributed by atoms with E-state index in [9.17, 15) is 0 Å². The number of hydrogen-bond donors (Lipinski definition) is 1. The van der Waals surface area contributed by atoms with Crippen LogP contribution >= 0.6 is 11.8 Å². The molecule has 1 aliphatic rings. The zero-order chi connectivity index (χ0) is 11.1. The van der Waals surface area contributed by atoms with Crippen LogP contribution < -0.4 is 5.32 Å². The molecule has 0 heterocycles. The van der Waals surface area contributed by atoms with Crippen LogP contribution in [0.15, 0.2) is 0 Å². The maximum absolute atomic E-state index is 3.74. The summed E-state index contributed by atoms with van der Waals surface area (Å²) in [5, 5.41) is 4.50. The lowest BCUT2D eigenvalue weighted by Gasteiger charge is -2.18. The third-order valence-electron chi connectivity index (χ3n) is 3.76. The molecule has 0 saturated heterocycles. The Morgan fingerprint density at radius 2 is 2.07 bits per heavy atom. The number of rotatable bonds is 5. The fraction of sp³-hybridized carbons (Fsp3) is 1.00. The second kappa shape index (κ2) is 7.56. The smallest absolute Gasteiger partial charge is 0.0141 e. The van der Waals surface area contributed by atoms with E-state index in [-0.39, 0.29) is 0 Å². The first-order valence-electron chi connectivity index (χ1n) is 6.52. The van der Waals surface area contributed by atoms with Crippen molar-refractivity contribution in [1.82, 2.24) is 5.32 Å². The molecule has 90 valence electrons. The molecule has 0 spiro atoms. The van der Waals surface area contributed by atoms with E-state index in [0.717, 1.165) is 17.2 Å². The van der Waals surface area contributed by atoms with Crippen LogP contribution in [0.1, 0.15) is 52.4 Å². The second-order valence-electron chi connectivity index (χ2n) is 4.93. The summed E-state index contributed by atoms with van der Waals surface area (Å²) >= 11 is 1.96. The molecule has 15 heavy (non-hydrogen) atoms. The van der Waals surface area contributed by atoms with E-state index in [2.05, 4.69) is 25.4 Å². The first-order chi connectivity index (χ1) is 7.26. The lowest BCUT2D eigenvalue weighted by molar-refractivity contribution is 0.427. The average Bonchev–Trinajstić information content (AvgIpc) is 2.50. The third-order valence-corrected chi connectivity index (χ3v) is 4.73. The normalized spacial score (nSPS) is 29.8. The van der Waals surface area contributed by atoms with E-state index < -0.39 is 0 Å². The van der Waals surface area contributed by atoms with Crippen LogP contribution in [0.5, 0.6) is 0 Å². The summed E-state index contributed by atoms with van der Waals surface area (Å²) in [4.78, 5) is 0. The first-order valence-corrected chi connectivity index (χ1v) is 7.81. The Balaban J connectivity index is 2.19. The highest BCUT2D eigenvalue weighted by atomic mass is 32.2. The topological polar surface area (TPSA) is 12.0 Å². The lowest BCUT2D eigenvalue weighted by Crippen LogP contribution is -2.33. The van der Waals surface area contributed by atoms with Crippen molar-refractivity contribution in [3.63, 3.8) is 0 Å². The minimum Gasteiger partial charge on any atom is -0.313 e. The Kier molecular flexibility index (Phi) is 6.74. The van der Waals surface area contributed by atoms with Gasteiger partial charge in [-0.3, -0.25) is 0 Å². The summed E-state index contributed by atoms with van der Waals surface area (Å²) in [6.07, 6.45) is 10.7. The van der Waals surface area contributed by atoms with E-state index in [1.807, 2.05) is 11.8 Å². The quantitative estimate of drug-likeness (QED) is 0.722. The van der Waals surface area contributed by atoms with E-state index in [4.69, 9.17) is 0 Å². The van der Waals surface area contributed by atoms with Crippen molar-refractivity contribution in [3.8, 4) is 0 Å². The Morgan fingerprint density at radius 1 is 1.27 bits per heavy atom. The summed E-state index contributed by atoms with van der Waals surface area (Å²) in [6, 6.07) is 0.802. The lowest BCUT2D eigenvalue weighted by atomic mass is 9.98. The van der Waals surface area contributed by atoms with Gasteiger partial charge in [-0.05, 0) is 31.4 Å². The van der Waals surface area contributed by atoms with Gasteiger partial charge in [0.05, 0.1) is 0 Å². The highest BCUT2D eigenvalue weighted by molar-refractivity contribution is 7.99. The van der Waals surface area contributed by atoms with Crippen molar-refractivity contribution < 1.29 is 0 Å². The minimum absolute atomic E-state index is 0.759. The molecule has 1 aliphatic carbocycles. The van der Waals surface area contributed by atoms with E-state index in [0.29, 0.717) is 0 Å². The summed E-state index contributed by atoms with van der Waals surface area (Å²) in [7, 11) is 0. The predicted molar refractivity (Wildman–Crippen MR) is 71.6 cm³/mol. The summed E-state index contributed by atoms with van der Waals surface area (Å²) in [5.41, 5.74) is 0. The first kappa shape index (κ1) is 13.4. The van der Waals surface area contributed by atoms with Crippen LogP contribution in [0.2, 0.25) is 0 Å². The zero-order valence-electron chi connectivity index (χ0n) is 10.6. The Labute approximate surface area is 99.8 Å². The van der Waals surface area contributed by atoms with E-state index in [1.165, 1.54) is 45.1 Å². The van der Waals surface area contributed by atoms with Crippen LogP contribution in [-0.4, -0.2) is 24.1 Å². The van der Waals surface area contributed by atoms with Gasteiger partial charge >= 0.3 is 0 Å². The molecule has 0 aromatic rings. The highest BCUT2D eigenvalue weighted by Crippen LogP contribution is 2.25. The molecule has 1 saturated carbocycles. The Bertz CT molecular complexity index is 161. The van der Waals surface area contributed by atoms with E-state index >= 15 is 0 Å². The van der Waals surface area contributed by atoms with Crippen molar-refractivity contribution >= 4 is 11.8 Å². The SMILES string of the molecule is CCC1CCCC(NCC(C)SC)CC1. The van der Waals surface area contributed by atoms with Crippen LogP contribution in [0.25, 0.3) is 0 Å². The van der Waals surface area contributed by atoms with Crippen molar-refractivity contribution in [3.05, 3.63) is 0 Å². The summed E-state index contributed by atoms with van der Waals surface area (Å²) in [5.74, 6) is 1.01. The predicted octanol–water partition coefficient (Wildman–Crippen LogP) is 3.69. The second-order valence-corrected chi connectivity index (χ2v) is 6.21. The standard InChI is InChI=1S/C13H27NS/c1-4-12-6-5-7-13(9-8-12)14-10-11(2)15-3/h11-14H,4-10H2,1-3H3. The maximum atomic E-state index is 3.74. The summed E-state index contributed by atoms with van der Waals surface area (Å²) < 4.78 is 0. The van der Waals surface area contributed by atoms with Gasteiger partial charge in [-0.1, -0.05) is 33.1 Å². The van der Waals surface area contributed by atoms with Gasteiger partial charge < -0.3 is 5.32 Å². The zero-order valence-corrected chi connectivity index (χ0v) is 11.4. The number of nitrogens with one attached hydrogen (secondary N) is 1. The number of hydrogen-bond acceptors (Lipinski definition) is 2. The Hall–Kier alpha value is 0.310. The largest absolute Gasteiger partial charge is 0.313 e. The van der Waals surface area contributed by atoms with Gasteiger partial charge in [-0.15, -0.1) is 0 Å². The van der Waals surface area contributed by atoms with E-state index in [1.54, 1.807) is 0 Å². The van der Waals surface area contributed by atoms with Crippen molar-refractivity contribution in [2.45, 2.75) is 63.7 Å². The molecule has 0 aromatic heterocycles. The Morgan fingerprint density at radius 3 is 2.73 bits per heavy atom. The molecule has 0 aromatic carbocycles. The molecular weight excluding hydrogens is 202 g/mol. The van der Waals surface area contributed by atoms with Gasteiger partial charge in [-0.2, -0.15) is 11.8 Å². The van der Waals surface area contributed by atoms with Crippen LogP contribution in [0.3, 0.4) is 0 Å². The van der Waals surface area contributed by atoms with Gasteiger partial charge in [-0.25, -0.2) is 0 Å². The van der Waals surface area contributed by atoms with Gasteiger partial charge in [0.15, 0.2) is 0 Å². The third kappa shape index (κ3) is 5.26. The van der Waals surface area contributed by atoms with Crippen molar-refractivity contribution in [2.24, 2.45) is 5.92 Å². The molecule has 0 aliphatic heterocycles. The van der Waals surface area contributed by atoms with Crippen LogP contribution in [0, 0.1) is 5.92 Å². The molecule has 3 unspecified atom stereocenters. The molecule has 3 atom stereocenters. The molecule has 0 radical (unpaired) electrons. The maximum Gasteiger partial charge on any atom is 0.0141 e. The molecular formula is C13H27NS. The molecule has 0 bridgehead atoms. The van der Waals surface area contributed by atoms with Gasteiger partial charge in [0.1, 0.15) is 0 Å². The fourth-order valence-electron chi connectivity index (χ4n) is 2.41. The molecule has 1 rings (SSSR count). The molecule has 1 N–H and O–H groups in total. The minimum atomic E-state index is 0.759. The monoisotopic (exact) mass is 229 g/mol.